The Morgan fingerprint density at radius 2 is 0.846 bits per heavy atom. The molecular weight excluding hydrogens is 813 g/mol. The SMILES string of the molecule is c1ccc(-c2nc3cc(-c4cccc(-c5nc(-c6ccc7c8ccccc8n(-c8ccccc8)c7c6)nc(-c6cccc7c6c6ccccc6n7-c6ccccc6)n5)c4)ccc3s2)cc1. The summed E-state index contributed by atoms with van der Waals surface area (Å²) in [5, 5.41) is 5.60. The lowest BCUT2D eigenvalue weighted by Crippen LogP contribution is -2.01. The number of nitrogens with zero attached hydrogens (tertiary/aromatic N) is 6. The van der Waals surface area contributed by atoms with Crippen LogP contribution in [0, 0.1) is 0 Å². The Morgan fingerprint density at radius 3 is 1.60 bits per heavy atom. The van der Waals surface area contributed by atoms with Crippen LogP contribution in [-0.4, -0.2) is 29.1 Å². The predicted octanol–water partition coefficient (Wildman–Crippen LogP) is 15.0. The van der Waals surface area contributed by atoms with Crippen molar-refractivity contribution in [2.45, 2.75) is 0 Å². The molecule has 0 aliphatic carbocycles. The number of fused-ring (bicyclic) bond motifs is 7. The van der Waals surface area contributed by atoms with Crippen LogP contribution in [0.3, 0.4) is 0 Å². The van der Waals surface area contributed by atoms with Crippen molar-refractivity contribution < 1.29 is 0 Å². The van der Waals surface area contributed by atoms with E-state index in [1.807, 2.05) is 6.07 Å². The Balaban J connectivity index is 1.02. The molecule has 13 rings (SSSR count). The van der Waals surface area contributed by atoms with Gasteiger partial charge >= 0.3 is 0 Å². The van der Waals surface area contributed by atoms with E-state index < -0.39 is 0 Å². The minimum atomic E-state index is 0.598. The maximum absolute atomic E-state index is 5.40. The number of hydrogen-bond acceptors (Lipinski definition) is 5. The van der Waals surface area contributed by atoms with Gasteiger partial charge in [-0.2, -0.15) is 0 Å². The van der Waals surface area contributed by atoms with Crippen LogP contribution in [0.1, 0.15) is 0 Å². The first-order valence-electron chi connectivity index (χ1n) is 21.7. The molecule has 0 amide bonds. The molecule has 0 atom stereocenters. The largest absolute Gasteiger partial charge is 0.309 e. The monoisotopic (exact) mass is 848 g/mol. The van der Waals surface area contributed by atoms with Crippen molar-refractivity contribution in [2.75, 3.05) is 0 Å². The minimum absolute atomic E-state index is 0.598. The van der Waals surface area contributed by atoms with Gasteiger partial charge in [0.2, 0.25) is 0 Å². The zero-order chi connectivity index (χ0) is 42.8. The van der Waals surface area contributed by atoms with E-state index in [1.54, 1.807) is 11.3 Å². The number of aromatic nitrogens is 6. The van der Waals surface area contributed by atoms with Crippen LogP contribution in [-0.2, 0) is 0 Å². The fourth-order valence-electron chi connectivity index (χ4n) is 9.43. The highest BCUT2D eigenvalue weighted by atomic mass is 32.1. The van der Waals surface area contributed by atoms with Crippen LogP contribution >= 0.6 is 11.3 Å². The van der Waals surface area contributed by atoms with Crippen molar-refractivity contribution in [3.8, 4) is 67.2 Å². The van der Waals surface area contributed by atoms with Crippen LogP contribution in [0.25, 0.3) is 121 Å². The van der Waals surface area contributed by atoms with Gasteiger partial charge in [-0.1, -0.05) is 152 Å². The highest BCUT2D eigenvalue weighted by Gasteiger charge is 2.21. The van der Waals surface area contributed by atoms with E-state index >= 15 is 0 Å². The first kappa shape index (κ1) is 37.1. The van der Waals surface area contributed by atoms with E-state index in [2.05, 4.69) is 221 Å². The summed E-state index contributed by atoms with van der Waals surface area (Å²) in [4.78, 5) is 21.2. The van der Waals surface area contributed by atoms with Crippen molar-refractivity contribution >= 4 is 65.2 Å². The molecule has 0 bridgehead atoms. The second kappa shape index (κ2) is 15.1. The first-order valence-corrected chi connectivity index (χ1v) is 22.5. The quantitative estimate of drug-likeness (QED) is 0.160. The van der Waals surface area contributed by atoms with Gasteiger partial charge < -0.3 is 9.13 Å². The zero-order valence-electron chi connectivity index (χ0n) is 34.9. The van der Waals surface area contributed by atoms with Crippen molar-refractivity contribution in [2.24, 2.45) is 0 Å². The summed E-state index contributed by atoms with van der Waals surface area (Å²) >= 11 is 1.71. The summed E-state index contributed by atoms with van der Waals surface area (Å²) in [6, 6.07) is 76.8. The average molecular weight is 849 g/mol. The van der Waals surface area contributed by atoms with Crippen molar-refractivity contribution in [3.05, 3.63) is 218 Å². The third-order valence-electron chi connectivity index (χ3n) is 12.4. The van der Waals surface area contributed by atoms with Gasteiger partial charge in [0.15, 0.2) is 17.5 Å². The van der Waals surface area contributed by atoms with E-state index in [9.17, 15) is 0 Å². The standard InChI is InChI=1S/C58H36N6S/c1-4-16-37(17-5-1)58-59-48-35-39(31-33-53(48)65-58)38-18-14-19-40(34-38)55-60-56(41-30-32-45-44-24-10-12-27-49(44)64(52(45)36-41)43-22-8-3-9-23-43)62-57(61-55)47-26-15-29-51-54(47)46-25-11-13-28-50(46)63(51)42-20-6-2-7-21-42/h1-36H. The second-order valence-corrected chi connectivity index (χ2v) is 17.3. The molecule has 0 aliphatic heterocycles. The molecule has 0 unspecified atom stereocenters. The minimum Gasteiger partial charge on any atom is -0.309 e. The number of thiazole rings is 1. The molecule has 65 heavy (non-hydrogen) atoms. The molecule has 0 aliphatic rings. The summed E-state index contributed by atoms with van der Waals surface area (Å²) in [5.74, 6) is 1.81. The van der Waals surface area contributed by atoms with Crippen LogP contribution in [0.2, 0.25) is 0 Å². The Bertz CT molecular complexity index is 3940. The molecule has 6 nitrogen and oxygen atoms in total. The lowest BCUT2D eigenvalue weighted by atomic mass is 10.0. The second-order valence-electron chi connectivity index (χ2n) is 16.3. The highest BCUT2D eigenvalue weighted by Crippen LogP contribution is 2.40. The Morgan fingerprint density at radius 1 is 0.323 bits per heavy atom. The van der Waals surface area contributed by atoms with E-state index in [-0.39, 0.29) is 0 Å². The van der Waals surface area contributed by atoms with Gasteiger partial charge in [-0.15, -0.1) is 11.3 Å². The molecule has 9 aromatic carbocycles. The lowest BCUT2D eigenvalue weighted by Gasteiger charge is -2.12. The summed E-state index contributed by atoms with van der Waals surface area (Å²) in [7, 11) is 0. The Labute approximate surface area is 378 Å². The third kappa shape index (κ3) is 6.24. The molecule has 0 spiro atoms. The molecule has 304 valence electrons. The molecule has 0 saturated heterocycles. The fourth-order valence-corrected chi connectivity index (χ4v) is 10.4. The summed E-state index contributed by atoms with van der Waals surface area (Å²) in [6.07, 6.45) is 0. The molecule has 0 radical (unpaired) electrons. The van der Waals surface area contributed by atoms with Crippen molar-refractivity contribution in [1.82, 2.24) is 29.1 Å². The van der Waals surface area contributed by atoms with Gasteiger partial charge in [-0.05, 0) is 77.9 Å². The summed E-state index contributed by atoms with van der Waals surface area (Å²) in [5.41, 5.74) is 13.6. The number of benzene rings is 9. The molecule has 0 saturated carbocycles. The first-order chi connectivity index (χ1) is 32.2. The lowest BCUT2D eigenvalue weighted by molar-refractivity contribution is 1.08. The molecule has 4 heterocycles. The van der Waals surface area contributed by atoms with E-state index in [4.69, 9.17) is 19.9 Å². The van der Waals surface area contributed by atoms with Crippen LogP contribution in [0.4, 0.5) is 0 Å². The maximum Gasteiger partial charge on any atom is 0.164 e. The van der Waals surface area contributed by atoms with Gasteiger partial charge in [-0.3, -0.25) is 0 Å². The predicted molar refractivity (Wildman–Crippen MR) is 269 cm³/mol. The average Bonchev–Trinajstić information content (AvgIpc) is 4.07. The van der Waals surface area contributed by atoms with E-state index in [0.29, 0.717) is 17.5 Å². The maximum atomic E-state index is 5.40. The fraction of sp³-hybridized carbons (Fsp3) is 0. The third-order valence-corrected chi connectivity index (χ3v) is 13.5. The number of hydrogen-bond donors (Lipinski definition) is 0. The highest BCUT2D eigenvalue weighted by molar-refractivity contribution is 7.21. The molecule has 13 aromatic rings. The van der Waals surface area contributed by atoms with Crippen LogP contribution < -0.4 is 0 Å². The molecular formula is C58H36N6S. The van der Waals surface area contributed by atoms with Gasteiger partial charge in [0, 0.05) is 55.2 Å². The molecule has 0 N–H and O–H groups in total. The van der Waals surface area contributed by atoms with Gasteiger partial charge in [0.05, 0.1) is 32.3 Å². The summed E-state index contributed by atoms with van der Waals surface area (Å²) < 4.78 is 5.82. The summed E-state index contributed by atoms with van der Waals surface area (Å²) in [6.45, 7) is 0. The van der Waals surface area contributed by atoms with Gasteiger partial charge in [0.25, 0.3) is 0 Å². The smallest absolute Gasteiger partial charge is 0.164 e. The van der Waals surface area contributed by atoms with Crippen molar-refractivity contribution in [1.29, 1.82) is 0 Å². The number of rotatable bonds is 7. The topological polar surface area (TPSA) is 61.4 Å². The molecule has 7 heteroatoms. The Hall–Kier alpha value is -8.52. The van der Waals surface area contributed by atoms with Crippen molar-refractivity contribution in [3.63, 3.8) is 0 Å². The molecule has 0 fully saturated rings. The van der Waals surface area contributed by atoms with Crippen LogP contribution in [0.5, 0.6) is 0 Å². The van der Waals surface area contributed by atoms with E-state index in [1.165, 1.54) is 10.8 Å². The molecule has 4 aromatic heterocycles. The normalized spacial score (nSPS) is 11.7. The zero-order valence-corrected chi connectivity index (χ0v) is 35.7. The number of para-hydroxylation sites is 4. The van der Waals surface area contributed by atoms with Gasteiger partial charge in [0.1, 0.15) is 5.01 Å². The van der Waals surface area contributed by atoms with Gasteiger partial charge in [-0.25, -0.2) is 19.9 Å². The Kier molecular flexibility index (Phi) is 8.60. The van der Waals surface area contributed by atoms with Crippen LogP contribution in [0.15, 0.2) is 218 Å². The van der Waals surface area contributed by atoms with E-state index in [0.717, 1.165) is 92.8 Å².